The molecule has 1 unspecified atom stereocenters. The van der Waals surface area contributed by atoms with Gasteiger partial charge >= 0.3 is 0 Å². The summed E-state index contributed by atoms with van der Waals surface area (Å²) in [6, 6.07) is 89.3. The van der Waals surface area contributed by atoms with Crippen molar-refractivity contribution in [3.05, 3.63) is 295 Å². The Morgan fingerprint density at radius 1 is 0.513 bits per heavy atom. The van der Waals surface area contributed by atoms with Gasteiger partial charge in [0.2, 0.25) is 0 Å². The van der Waals surface area contributed by atoms with Crippen LogP contribution < -0.4 is 14.5 Å². The van der Waals surface area contributed by atoms with Crippen LogP contribution in [0.25, 0.3) is 61.0 Å². The quantitative estimate of drug-likeness (QED) is 0.135. The number of benzene rings is 10. The molecular formula is C71H50FN4OPt-3. The van der Waals surface area contributed by atoms with Crippen LogP contribution in [0.4, 0.5) is 27.1 Å². The Morgan fingerprint density at radius 2 is 1.14 bits per heavy atom. The molecule has 380 valence electrons. The van der Waals surface area contributed by atoms with Crippen molar-refractivity contribution in [3.63, 3.8) is 0 Å². The summed E-state index contributed by atoms with van der Waals surface area (Å²) < 4.78 is 25.0. The van der Waals surface area contributed by atoms with Crippen molar-refractivity contribution in [1.29, 1.82) is 0 Å². The fraction of sp³-hybridized carbons (Fsp3) is 0.0704. The van der Waals surface area contributed by atoms with Crippen LogP contribution in [0.5, 0.6) is 11.5 Å². The van der Waals surface area contributed by atoms with Crippen LogP contribution in [-0.4, -0.2) is 9.55 Å². The van der Waals surface area contributed by atoms with E-state index in [0.29, 0.717) is 11.5 Å². The summed E-state index contributed by atoms with van der Waals surface area (Å²) in [5, 5.41) is 2.14. The van der Waals surface area contributed by atoms with Crippen molar-refractivity contribution < 1.29 is 30.2 Å². The van der Waals surface area contributed by atoms with Crippen molar-refractivity contribution >= 4 is 44.6 Å². The largest absolute Gasteiger partial charge is 0.509 e. The molecule has 14 rings (SSSR count). The van der Waals surface area contributed by atoms with E-state index in [9.17, 15) is 0 Å². The summed E-state index contributed by atoms with van der Waals surface area (Å²) in [4.78, 5) is 9.50. The van der Waals surface area contributed by atoms with Crippen LogP contribution in [0.15, 0.2) is 243 Å². The predicted molar refractivity (Wildman–Crippen MR) is 311 cm³/mol. The van der Waals surface area contributed by atoms with Crippen LogP contribution in [0, 0.1) is 24.6 Å². The number of para-hydroxylation sites is 4. The Hall–Kier alpha value is -8.83. The number of nitrogens with zero attached hydrogens (tertiary/aromatic N) is 4. The van der Waals surface area contributed by atoms with Gasteiger partial charge in [-0.05, 0) is 97.8 Å². The molecule has 1 aliphatic carbocycles. The monoisotopic (exact) mass is 1190 g/mol. The number of rotatable bonds is 9. The van der Waals surface area contributed by atoms with E-state index in [2.05, 4.69) is 254 Å². The van der Waals surface area contributed by atoms with E-state index in [1.54, 1.807) is 12.1 Å². The summed E-state index contributed by atoms with van der Waals surface area (Å²) in [6.07, 6.45) is 1.90. The third-order valence-electron chi connectivity index (χ3n) is 15.4. The molecule has 2 aromatic heterocycles. The molecule has 5 nitrogen and oxygen atoms in total. The van der Waals surface area contributed by atoms with Crippen molar-refractivity contribution in [2.45, 2.75) is 31.6 Å². The van der Waals surface area contributed by atoms with E-state index in [0.717, 1.165) is 106 Å². The average molecular weight is 1190 g/mol. The first-order valence-electron chi connectivity index (χ1n) is 26.1. The molecule has 0 saturated carbocycles. The van der Waals surface area contributed by atoms with Gasteiger partial charge in [0.1, 0.15) is 11.6 Å². The molecule has 0 radical (unpaired) electrons. The molecule has 2 aliphatic rings. The van der Waals surface area contributed by atoms with E-state index in [1.807, 2.05) is 30.5 Å². The van der Waals surface area contributed by atoms with Crippen LogP contribution in [0.3, 0.4) is 0 Å². The van der Waals surface area contributed by atoms with Crippen molar-refractivity contribution in [1.82, 2.24) is 9.55 Å². The van der Waals surface area contributed by atoms with Crippen molar-refractivity contribution in [2.24, 2.45) is 0 Å². The maximum atomic E-state index is 15.6. The number of hydrogen-bond acceptors (Lipinski definition) is 4. The van der Waals surface area contributed by atoms with Gasteiger partial charge in [0.25, 0.3) is 0 Å². The number of pyridine rings is 1. The van der Waals surface area contributed by atoms with Gasteiger partial charge in [-0.3, -0.25) is 0 Å². The van der Waals surface area contributed by atoms with Gasteiger partial charge in [-0.15, -0.1) is 53.6 Å². The molecule has 0 amide bonds. The molecule has 0 fully saturated rings. The van der Waals surface area contributed by atoms with Gasteiger partial charge in [-0.25, -0.2) is 9.37 Å². The Balaban J connectivity index is 0.00000579. The molecule has 12 aromatic rings. The summed E-state index contributed by atoms with van der Waals surface area (Å²) in [7, 11) is 0. The average Bonchev–Trinajstić information content (AvgIpc) is 4.22. The topological polar surface area (TPSA) is 33.5 Å². The maximum absolute atomic E-state index is 15.6. The fourth-order valence-corrected chi connectivity index (χ4v) is 11.9. The molecule has 1 aliphatic heterocycles. The Kier molecular flexibility index (Phi) is 12.1. The van der Waals surface area contributed by atoms with Crippen LogP contribution in [0.2, 0.25) is 0 Å². The number of fused-ring (bicyclic) bond motifs is 7. The molecule has 10 aromatic carbocycles. The molecule has 0 N–H and O–H groups in total. The molecule has 0 saturated heterocycles. The van der Waals surface area contributed by atoms with E-state index in [-0.39, 0.29) is 32.3 Å². The SMILES string of the molecule is CC(C)(C)c1ccnc(-n2c3[c-]c(Oc4[c-]c(N5[CH-]N(c6c(-c7ccccc7)cccc6-c6ccccc6)c6ccccc65)cc(C5(c6ccccc6)c6ccccc6-c6cc(F)ccc65)c4)ccc3c3ccccc32)c1.[Pt]. The van der Waals surface area contributed by atoms with Gasteiger partial charge in [-0.1, -0.05) is 196 Å². The van der Waals surface area contributed by atoms with Crippen LogP contribution >= 0.6 is 0 Å². The first-order chi connectivity index (χ1) is 37.7. The first kappa shape index (κ1) is 48.8. The van der Waals surface area contributed by atoms with E-state index in [1.165, 1.54) is 5.56 Å². The van der Waals surface area contributed by atoms with Gasteiger partial charge in [-0.2, -0.15) is 6.07 Å². The number of aromatic nitrogens is 2. The zero-order valence-electron chi connectivity index (χ0n) is 43.1. The second-order valence-corrected chi connectivity index (χ2v) is 20.9. The molecule has 3 heterocycles. The van der Waals surface area contributed by atoms with E-state index >= 15 is 4.39 Å². The minimum Gasteiger partial charge on any atom is -0.509 e. The van der Waals surface area contributed by atoms with Crippen LogP contribution in [-0.2, 0) is 31.9 Å². The Morgan fingerprint density at radius 3 is 1.87 bits per heavy atom. The molecule has 1 atom stereocenters. The van der Waals surface area contributed by atoms with E-state index < -0.39 is 5.41 Å². The second kappa shape index (κ2) is 19.3. The Bertz CT molecular complexity index is 4190. The standard InChI is InChI=1S/C71H50FN4O.Pt/c1-70(2,3)50-38-39-73-68(42-50)76-64-31-16-14-27-59(64)60-36-35-54(45-67(60)76)77-55-41-51(71(49-24-11-6-12-25-49)62-30-15-13-26-58(62)61-43-52(72)34-37-63(61)71)40-53(44-55)74-46-75(66-33-18-17-32-65(66)74)69-56(47-20-7-4-8-21-47)28-19-29-57(69)48-22-9-5-10-23-48;/h4-43,46H,1-3H3;/q-3;. The van der Waals surface area contributed by atoms with E-state index in [4.69, 9.17) is 9.72 Å². The summed E-state index contributed by atoms with van der Waals surface area (Å²) in [5.74, 6) is 1.54. The van der Waals surface area contributed by atoms with Gasteiger partial charge in [0.15, 0.2) is 0 Å². The Labute approximate surface area is 468 Å². The molecule has 78 heavy (non-hydrogen) atoms. The zero-order chi connectivity index (χ0) is 51.8. The summed E-state index contributed by atoms with van der Waals surface area (Å²) >= 11 is 0. The van der Waals surface area contributed by atoms with Crippen molar-refractivity contribution in [2.75, 3.05) is 9.80 Å². The normalized spacial score (nSPS) is 14.5. The predicted octanol–water partition coefficient (Wildman–Crippen LogP) is 18.1. The number of anilines is 4. The number of ether oxygens (including phenoxy) is 1. The fourth-order valence-electron chi connectivity index (χ4n) is 11.9. The third-order valence-corrected chi connectivity index (χ3v) is 15.4. The number of halogens is 1. The molecule has 0 bridgehead atoms. The molecular weight excluding hydrogens is 1140 g/mol. The molecule has 7 heteroatoms. The minimum atomic E-state index is -0.897. The molecule has 0 spiro atoms. The summed E-state index contributed by atoms with van der Waals surface area (Å²) in [5.41, 5.74) is 16.1. The second-order valence-electron chi connectivity index (χ2n) is 20.9. The smallest absolute Gasteiger partial charge is 0.135 e. The van der Waals surface area contributed by atoms with Crippen molar-refractivity contribution in [3.8, 4) is 50.7 Å². The van der Waals surface area contributed by atoms with Gasteiger partial charge < -0.3 is 19.1 Å². The minimum absolute atomic E-state index is 0. The first-order valence-corrected chi connectivity index (χ1v) is 26.1. The maximum Gasteiger partial charge on any atom is 0.135 e. The van der Waals surface area contributed by atoms with Crippen LogP contribution in [0.1, 0.15) is 48.6 Å². The third kappa shape index (κ3) is 7.96. The van der Waals surface area contributed by atoms with Gasteiger partial charge in [0, 0.05) is 77.9 Å². The number of hydrogen-bond donors (Lipinski definition) is 0. The van der Waals surface area contributed by atoms with Gasteiger partial charge in [0.05, 0.1) is 0 Å². The zero-order valence-corrected chi connectivity index (χ0v) is 45.3. The summed E-state index contributed by atoms with van der Waals surface area (Å²) in [6.45, 7) is 8.85.